The van der Waals surface area contributed by atoms with Gasteiger partial charge in [-0.25, -0.2) is 4.98 Å². The summed E-state index contributed by atoms with van der Waals surface area (Å²) in [5, 5.41) is 4.65. The first-order valence-corrected chi connectivity index (χ1v) is 20.1. The van der Waals surface area contributed by atoms with Gasteiger partial charge in [0.25, 0.3) is 0 Å². The van der Waals surface area contributed by atoms with Crippen LogP contribution in [0.2, 0.25) is 0 Å². The van der Waals surface area contributed by atoms with Gasteiger partial charge in [-0.15, -0.1) is 0 Å². The third-order valence-electron chi connectivity index (χ3n) is 11.8. The third kappa shape index (κ3) is 5.43. The molecule has 0 unspecified atom stereocenters. The summed E-state index contributed by atoms with van der Waals surface area (Å²) in [6.07, 6.45) is 2.99. The Morgan fingerprint density at radius 3 is 1.53 bits per heavy atom. The minimum Gasteiger partial charge on any atom is -0.307 e. The molecule has 1 aliphatic carbocycles. The Labute approximate surface area is 340 Å². The summed E-state index contributed by atoms with van der Waals surface area (Å²) in [5.41, 5.74) is 14.4. The lowest BCUT2D eigenvalue weighted by atomic mass is 9.96. The highest BCUT2D eigenvalue weighted by atomic mass is 15.2. The second-order valence-corrected chi connectivity index (χ2v) is 15.3. The van der Waals surface area contributed by atoms with Crippen molar-refractivity contribution in [3.8, 4) is 45.3 Å². The van der Waals surface area contributed by atoms with Crippen molar-refractivity contribution in [3.05, 3.63) is 211 Å². The van der Waals surface area contributed by atoms with Crippen LogP contribution in [-0.4, -0.2) is 24.1 Å². The van der Waals surface area contributed by atoms with Crippen molar-refractivity contribution >= 4 is 55.3 Å². The summed E-state index contributed by atoms with van der Waals surface area (Å²) in [5.74, 6) is 1.88. The molecule has 0 atom stereocenters. The predicted octanol–water partition coefficient (Wildman–Crippen LogP) is 13.2. The Balaban J connectivity index is 1.19. The van der Waals surface area contributed by atoms with E-state index in [2.05, 4.69) is 209 Å². The van der Waals surface area contributed by atoms with E-state index in [9.17, 15) is 0 Å². The van der Waals surface area contributed by atoms with Gasteiger partial charge in [0.15, 0.2) is 11.6 Å². The van der Waals surface area contributed by atoms with Crippen LogP contribution in [-0.2, 0) is 6.42 Å². The lowest BCUT2D eigenvalue weighted by Crippen LogP contribution is -2.09. The highest BCUT2D eigenvalue weighted by Gasteiger charge is 2.25. The summed E-state index contributed by atoms with van der Waals surface area (Å²) >= 11 is 0. The van der Waals surface area contributed by atoms with E-state index in [-0.39, 0.29) is 0 Å². The second-order valence-electron chi connectivity index (χ2n) is 15.3. The fourth-order valence-corrected chi connectivity index (χ4v) is 9.07. The van der Waals surface area contributed by atoms with Crippen molar-refractivity contribution < 1.29 is 0 Å². The Morgan fingerprint density at radius 2 is 0.881 bits per heavy atom. The first kappa shape index (κ1) is 33.3. The number of fused-ring (bicyclic) bond motifs is 8. The van der Waals surface area contributed by atoms with Gasteiger partial charge in [-0.2, -0.15) is 9.97 Å². The molecule has 11 aromatic rings. The zero-order valence-corrected chi connectivity index (χ0v) is 32.0. The average Bonchev–Trinajstić information content (AvgIpc) is 4.00. The standard InChI is InChI=1S/C54H35N5/c1-4-16-35(17-5-1)39-32-40(36-18-6-2-7-19-36)34-42(33-39)53-55-52(41-30-37-20-10-11-21-38(37)31-41)56-54(57-53)59-49-27-15-13-25-45(49)47-29-28-46-44-24-12-14-26-48(44)58(50(46)51(47)59)43-22-8-3-9-23-43/h1-30,32-34H,31H2. The predicted molar refractivity (Wildman–Crippen MR) is 243 cm³/mol. The van der Waals surface area contributed by atoms with Crippen molar-refractivity contribution in [2.75, 3.05) is 0 Å². The lowest BCUT2D eigenvalue weighted by molar-refractivity contribution is 0.927. The van der Waals surface area contributed by atoms with Crippen LogP contribution in [0, 0.1) is 0 Å². The third-order valence-corrected chi connectivity index (χ3v) is 11.8. The number of aromatic nitrogens is 5. The summed E-state index contributed by atoms with van der Waals surface area (Å²) in [6, 6.07) is 68.9. The Kier molecular flexibility index (Phi) is 7.53. The fraction of sp³-hybridized carbons (Fsp3) is 0.0185. The number of para-hydroxylation sites is 3. The fourth-order valence-electron chi connectivity index (χ4n) is 9.07. The minimum absolute atomic E-state index is 0.580. The molecule has 0 radical (unpaired) electrons. The van der Waals surface area contributed by atoms with Gasteiger partial charge in [0.1, 0.15) is 0 Å². The van der Waals surface area contributed by atoms with Gasteiger partial charge in [-0.1, -0.05) is 152 Å². The zero-order valence-electron chi connectivity index (χ0n) is 32.0. The molecule has 0 aliphatic heterocycles. The van der Waals surface area contributed by atoms with Crippen molar-refractivity contribution in [1.29, 1.82) is 0 Å². The molecule has 5 nitrogen and oxygen atoms in total. The van der Waals surface area contributed by atoms with Gasteiger partial charge in [0.05, 0.1) is 22.1 Å². The van der Waals surface area contributed by atoms with Gasteiger partial charge in [0.2, 0.25) is 5.95 Å². The number of rotatable bonds is 6. The number of hydrogen-bond acceptors (Lipinski definition) is 3. The molecule has 12 rings (SSSR count). The summed E-state index contributed by atoms with van der Waals surface area (Å²) in [4.78, 5) is 16.3. The van der Waals surface area contributed by atoms with Gasteiger partial charge < -0.3 is 4.57 Å². The summed E-state index contributed by atoms with van der Waals surface area (Å²) < 4.78 is 4.68. The normalized spacial score (nSPS) is 12.4. The maximum Gasteiger partial charge on any atom is 0.238 e. The maximum atomic E-state index is 5.50. The van der Waals surface area contributed by atoms with Crippen LogP contribution < -0.4 is 0 Å². The van der Waals surface area contributed by atoms with E-state index in [0.717, 1.165) is 78.3 Å². The lowest BCUT2D eigenvalue weighted by Gasteiger charge is -2.14. The number of nitrogens with zero attached hydrogens (tertiary/aromatic N) is 5. The van der Waals surface area contributed by atoms with Crippen molar-refractivity contribution in [3.63, 3.8) is 0 Å². The smallest absolute Gasteiger partial charge is 0.238 e. The van der Waals surface area contributed by atoms with Crippen LogP contribution in [0.5, 0.6) is 0 Å². The van der Waals surface area contributed by atoms with Crippen LogP contribution in [0.3, 0.4) is 0 Å². The highest BCUT2D eigenvalue weighted by Crippen LogP contribution is 2.42. The zero-order chi connectivity index (χ0) is 38.9. The first-order valence-electron chi connectivity index (χ1n) is 20.1. The Morgan fingerprint density at radius 1 is 0.373 bits per heavy atom. The molecule has 5 heteroatoms. The van der Waals surface area contributed by atoms with Crippen LogP contribution in [0.15, 0.2) is 194 Å². The number of allylic oxidation sites excluding steroid dienone is 1. The molecular formula is C54H35N5. The molecule has 8 aromatic carbocycles. The monoisotopic (exact) mass is 753 g/mol. The second kappa shape index (κ2) is 13.4. The van der Waals surface area contributed by atoms with E-state index in [4.69, 9.17) is 15.0 Å². The molecule has 3 aromatic heterocycles. The van der Waals surface area contributed by atoms with Gasteiger partial charge in [0, 0.05) is 44.8 Å². The summed E-state index contributed by atoms with van der Waals surface area (Å²) in [7, 11) is 0. The average molecular weight is 754 g/mol. The molecule has 59 heavy (non-hydrogen) atoms. The maximum absolute atomic E-state index is 5.50. The molecule has 0 amide bonds. The first-order chi connectivity index (χ1) is 29.2. The SMILES string of the molecule is C1=C(c2nc(-c3cc(-c4ccccc4)cc(-c4ccccc4)c3)nc(-n3c4ccccc4c4ccc5c6ccccc6n(-c6ccccc6)c5c43)n2)Cc2ccccc21. The topological polar surface area (TPSA) is 48.5 Å². The van der Waals surface area contributed by atoms with E-state index < -0.39 is 0 Å². The van der Waals surface area contributed by atoms with E-state index >= 15 is 0 Å². The minimum atomic E-state index is 0.580. The van der Waals surface area contributed by atoms with Gasteiger partial charge in [-0.05, 0) is 81.9 Å². The molecule has 1 aliphatic rings. The quantitative estimate of drug-likeness (QED) is 0.170. The van der Waals surface area contributed by atoms with E-state index in [1.807, 2.05) is 0 Å². The summed E-state index contributed by atoms with van der Waals surface area (Å²) in [6.45, 7) is 0. The van der Waals surface area contributed by atoms with Gasteiger partial charge in [-0.3, -0.25) is 4.57 Å². The Bertz CT molecular complexity index is 3390. The van der Waals surface area contributed by atoms with Gasteiger partial charge >= 0.3 is 0 Å². The largest absolute Gasteiger partial charge is 0.307 e. The van der Waals surface area contributed by atoms with Crippen LogP contribution in [0.25, 0.3) is 101 Å². The Hall–Kier alpha value is -7.89. The molecule has 0 N–H and O–H groups in total. The molecule has 0 spiro atoms. The van der Waals surface area contributed by atoms with E-state index in [0.29, 0.717) is 17.6 Å². The number of benzene rings is 8. The molecule has 0 saturated heterocycles. The molecule has 0 fully saturated rings. The molecule has 3 heterocycles. The molecule has 0 bridgehead atoms. The molecular weight excluding hydrogens is 719 g/mol. The van der Waals surface area contributed by atoms with Crippen molar-refractivity contribution in [2.24, 2.45) is 0 Å². The van der Waals surface area contributed by atoms with E-state index in [1.54, 1.807) is 0 Å². The molecule has 0 saturated carbocycles. The van der Waals surface area contributed by atoms with Crippen LogP contribution in [0.1, 0.15) is 17.0 Å². The van der Waals surface area contributed by atoms with Crippen molar-refractivity contribution in [1.82, 2.24) is 24.1 Å². The highest BCUT2D eigenvalue weighted by molar-refractivity contribution is 6.23. The number of hydrogen-bond donors (Lipinski definition) is 0. The molecule has 276 valence electrons. The van der Waals surface area contributed by atoms with Crippen LogP contribution in [0.4, 0.5) is 0 Å². The van der Waals surface area contributed by atoms with E-state index in [1.165, 1.54) is 21.9 Å². The van der Waals surface area contributed by atoms with Crippen LogP contribution >= 0.6 is 0 Å². The van der Waals surface area contributed by atoms with Crippen molar-refractivity contribution in [2.45, 2.75) is 6.42 Å².